The smallest absolute Gasteiger partial charge is 0.220 e. The molecule has 0 atom stereocenters. The summed E-state index contributed by atoms with van der Waals surface area (Å²) in [5, 5.41) is 16.2. The van der Waals surface area contributed by atoms with Gasteiger partial charge in [-0.3, -0.25) is 4.79 Å². The highest BCUT2D eigenvalue weighted by molar-refractivity contribution is 6.31. The van der Waals surface area contributed by atoms with Crippen molar-refractivity contribution >= 4 is 17.5 Å². The van der Waals surface area contributed by atoms with Gasteiger partial charge in [-0.05, 0) is 66.6 Å². The summed E-state index contributed by atoms with van der Waals surface area (Å²) in [7, 11) is 0. The molecule has 0 unspecified atom stereocenters. The van der Waals surface area contributed by atoms with Crippen LogP contribution in [0.1, 0.15) is 57.3 Å². The molecule has 134 valence electrons. The molecule has 6 nitrogen and oxygen atoms in total. The van der Waals surface area contributed by atoms with Crippen molar-refractivity contribution in [2.75, 3.05) is 0 Å². The van der Waals surface area contributed by atoms with Crippen molar-refractivity contribution in [3.8, 4) is 5.69 Å². The van der Waals surface area contributed by atoms with Gasteiger partial charge in [-0.2, -0.15) is 4.68 Å². The van der Waals surface area contributed by atoms with Crippen LogP contribution in [0.3, 0.4) is 0 Å². The molecule has 1 aliphatic carbocycles. The number of nitrogens with one attached hydrogen (secondary N) is 1. The van der Waals surface area contributed by atoms with E-state index in [9.17, 15) is 4.79 Å². The van der Waals surface area contributed by atoms with Gasteiger partial charge in [0.15, 0.2) is 5.82 Å². The maximum atomic E-state index is 12.2. The summed E-state index contributed by atoms with van der Waals surface area (Å²) in [4.78, 5) is 12.2. The highest BCUT2D eigenvalue weighted by atomic mass is 35.5. The Morgan fingerprint density at radius 2 is 2.12 bits per heavy atom. The van der Waals surface area contributed by atoms with Crippen LogP contribution in [-0.4, -0.2) is 26.1 Å². The number of halogens is 1. The molecule has 1 amide bonds. The number of hydrogen-bond acceptors (Lipinski definition) is 4. The molecule has 25 heavy (non-hydrogen) atoms. The highest BCUT2D eigenvalue weighted by Gasteiger charge is 2.41. The van der Waals surface area contributed by atoms with Gasteiger partial charge in [0.05, 0.1) is 5.69 Å². The predicted octanol–water partition coefficient (Wildman–Crippen LogP) is 3.56. The second-order valence-corrected chi connectivity index (χ2v) is 7.42. The van der Waals surface area contributed by atoms with Gasteiger partial charge in [-0.15, -0.1) is 5.10 Å². The Bertz CT molecular complexity index is 765. The molecule has 3 rings (SSSR count). The monoisotopic (exact) mass is 361 g/mol. The third kappa shape index (κ3) is 3.54. The fourth-order valence-corrected chi connectivity index (χ4v) is 3.56. The van der Waals surface area contributed by atoms with E-state index < -0.39 is 5.54 Å². The average Bonchev–Trinajstić information content (AvgIpc) is 3.10. The van der Waals surface area contributed by atoms with Crippen molar-refractivity contribution in [3.05, 3.63) is 34.6 Å². The average molecular weight is 362 g/mol. The fourth-order valence-electron chi connectivity index (χ4n) is 3.39. The Morgan fingerprint density at radius 1 is 1.40 bits per heavy atom. The highest BCUT2D eigenvalue weighted by Crippen LogP contribution is 2.39. The number of nitrogens with zero attached hydrogens (tertiary/aromatic N) is 4. The first-order chi connectivity index (χ1) is 11.9. The van der Waals surface area contributed by atoms with Crippen LogP contribution >= 0.6 is 11.6 Å². The van der Waals surface area contributed by atoms with E-state index in [1.807, 2.05) is 32.0 Å². The summed E-state index contributed by atoms with van der Waals surface area (Å²) in [6, 6.07) is 5.75. The summed E-state index contributed by atoms with van der Waals surface area (Å²) >= 11 is 6.28. The first kappa shape index (κ1) is 17.9. The van der Waals surface area contributed by atoms with Gasteiger partial charge in [0.2, 0.25) is 5.91 Å². The van der Waals surface area contributed by atoms with Gasteiger partial charge < -0.3 is 5.32 Å². The second-order valence-electron chi connectivity index (χ2n) is 7.01. The quantitative estimate of drug-likeness (QED) is 0.903. The summed E-state index contributed by atoms with van der Waals surface area (Å²) in [6.45, 7) is 6.06. The Hall–Kier alpha value is -1.95. The minimum Gasteiger partial charge on any atom is -0.343 e. The number of benzene rings is 1. The minimum atomic E-state index is -0.527. The Kier molecular flexibility index (Phi) is 5.08. The van der Waals surface area contributed by atoms with Gasteiger partial charge in [-0.1, -0.05) is 31.5 Å². The van der Waals surface area contributed by atoms with E-state index in [0.29, 0.717) is 23.2 Å². The maximum Gasteiger partial charge on any atom is 0.220 e. The number of amides is 1. The van der Waals surface area contributed by atoms with Crippen LogP contribution in [0.15, 0.2) is 18.2 Å². The Morgan fingerprint density at radius 3 is 2.76 bits per heavy atom. The van der Waals surface area contributed by atoms with Crippen LogP contribution in [0.25, 0.3) is 5.69 Å². The van der Waals surface area contributed by atoms with E-state index in [1.165, 1.54) is 0 Å². The molecular weight excluding hydrogens is 338 g/mol. The summed E-state index contributed by atoms with van der Waals surface area (Å²) in [5.74, 6) is 1.34. The number of aryl methyl sites for hydroxylation is 1. The SMILES string of the molecule is CCC(=O)NC1(c2nnnn2-c2ccc(C)c(Cl)c2)CCC(C)CC1. The maximum absolute atomic E-state index is 12.2. The third-order valence-corrected chi connectivity index (χ3v) is 5.53. The van der Waals surface area contributed by atoms with Gasteiger partial charge in [0, 0.05) is 11.4 Å². The number of carbonyl (C=O) groups excluding carboxylic acids is 1. The second kappa shape index (κ2) is 7.12. The van der Waals surface area contributed by atoms with Crippen LogP contribution in [0.5, 0.6) is 0 Å². The standard InChI is InChI=1S/C18H24ClN5O/c1-4-16(25)20-18(9-7-12(2)8-10-18)17-21-22-23-24(17)14-6-5-13(3)15(19)11-14/h5-6,11-12H,4,7-10H2,1-3H3,(H,20,25). The molecule has 0 saturated heterocycles. The van der Waals surface area contributed by atoms with Crippen LogP contribution in [0, 0.1) is 12.8 Å². The van der Waals surface area contributed by atoms with Crippen molar-refractivity contribution in [2.45, 2.75) is 58.4 Å². The van der Waals surface area contributed by atoms with Crippen LogP contribution in [0.2, 0.25) is 5.02 Å². The van der Waals surface area contributed by atoms with Gasteiger partial charge in [0.25, 0.3) is 0 Å². The van der Waals surface area contributed by atoms with Crippen molar-refractivity contribution in [1.82, 2.24) is 25.5 Å². The fraction of sp³-hybridized carbons (Fsp3) is 0.556. The molecule has 1 aromatic heterocycles. The van der Waals surface area contributed by atoms with Crippen LogP contribution < -0.4 is 5.32 Å². The first-order valence-electron chi connectivity index (χ1n) is 8.81. The number of carbonyl (C=O) groups is 1. The van der Waals surface area contributed by atoms with Crippen molar-refractivity contribution in [3.63, 3.8) is 0 Å². The molecule has 0 radical (unpaired) electrons. The molecule has 0 bridgehead atoms. The van der Waals surface area contributed by atoms with Gasteiger partial charge in [0.1, 0.15) is 5.54 Å². The first-order valence-corrected chi connectivity index (χ1v) is 9.19. The molecule has 1 N–H and O–H groups in total. The predicted molar refractivity (Wildman–Crippen MR) is 96.6 cm³/mol. The van der Waals surface area contributed by atoms with E-state index in [1.54, 1.807) is 4.68 Å². The van der Waals surface area contributed by atoms with E-state index in [2.05, 4.69) is 27.8 Å². The third-order valence-electron chi connectivity index (χ3n) is 5.13. The van der Waals surface area contributed by atoms with Crippen LogP contribution in [0.4, 0.5) is 0 Å². The number of rotatable bonds is 4. The lowest BCUT2D eigenvalue weighted by Gasteiger charge is -2.38. The number of tetrazole rings is 1. The molecule has 0 aliphatic heterocycles. The lowest BCUT2D eigenvalue weighted by molar-refractivity contribution is -0.123. The normalized spacial score (nSPS) is 23.4. The van der Waals surface area contributed by atoms with Crippen molar-refractivity contribution < 1.29 is 4.79 Å². The zero-order valence-corrected chi connectivity index (χ0v) is 15.7. The molecule has 1 heterocycles. The molecule has 0 spiro atoms. The van der Waals surface area contributed by atoms with Gasteiger partial charge >= 0.3 is 0 Å². The van der Waals surface area contributed by atoms with E-state index >= 15 is 0 Å². The van der Waals surface area contributed by atoms with E-state index in [0.717, 1.165) is 36.9 Å². The molecule has 1 saturated carbocycles. The zero-order valence-electron chi connectivity index (χ0n) is 14.9. The molecule has 1 aromatic carbocycles. The zero-order chi connectivity index (χ0) is 18.0. The topological polar surface area (TPSA) is 72.7 Å². The van der Waals surface area contributed by atoms with Gasteiger partial charge in [-0.25, -0.2) is 0 Å². The molecule has 2 aromatic rings. The Balaban J connectivity index is 2.04. The molecule has 7 heteroatoms. The number of hydrogen-bond donors (Lipinski definition) is 1. The molecule has 1 fully saturated rings. The number of aromatic nitrogens is 4. The lowest BCUT2D eigenvalue weighted by atomic mass is 9.76. The van der Waals surface area contributed by atoms with Crippen molar-refractivity contribution in [2.24, 2.45) is 5.92 Å². The van der Waals surface area contributed by atoms with Crippen LogP contribution in [-0.2, 0) is 10.3 Å². The summed E-state index contributed by atoms with van der Waals surface area (Å²) in [6.07, 6.45) is 4.17. The van der Waals surface area contributed by atoms with E-state index in [-0.39, 0.29) is 5.91 Å². The van der Waals surface area contributed by atoms with E-state index in [4.69, 9.17) is 11.6 Å². The minimum absolute atomic E-state index is 0.0195. The largest absolute Gasteiger partial charge is 0.343 e. The summed E-state index contributed by atoms with van der Waals surface area (Å²) < 4.78 is 1.71. The molecule has 1 aliphatic rings. The Labute approximate surface area is 152 Å². The summed E-state index contributed by atoms with van der Waals surface area (Å²) in [5.41, 5.74) is 1.28. The lowest BCUT2D eigenvalue weighted by Crippen LogP contribution is -2.49. The van der Waals surface area contributed by atoms with Crippen molar-refractivity contribution in [1.29, 1.82) is 0 Å². The molecular formula is C18H24ClN5O.